The Morgan fingerprint density at radius 1 is 0.811 bits per heavy atom. The van der Waals surface area contributed by atoms with Gasteiger partial charge in [0.05, 0.1) is 18.0 Å². The van der Waals surface area contributed by atoms with Crippen LogP contribution in [0.5, 0.6) is 5.75 Å². The fourth-order valence-electron chi connectivity index (χ4n) is 3.93. The molecule has 184 valence electrons. The number of thioether (sulfide) groups is 1. The topological polar surface area (TPSA) is 41.9 Å². The van der Waals surface area contributed by atoms with Crippen molar-refractivity contribution in [3.05, 3.63) is 142 Å². The summed E-state index contributed by atoms with van der Waals surface area (Å²) in [5.74, 6) is 0.225. The van der Waals surface area contributed by atoms with Crippen LogP contribution in [-0.2, 0) is 24.5 Å². The van der Waals surface area contributed by atoms with Crippen LogP contribution in [0.4, 0.5) is 4.39 Å². The minimum atomic E-state index is -0.301. The summed E-state index contributed by atoms with van der Waals surface area (Å²) < 4.78 is 19.6. The smallest absolute Gasteiger partial charge is 0.267 e. The van der Waals surface area contributed by atoms with Crippen molar-refractivity contribution in [3.8, 4) is 5.75 Å². The number of amidine groups is 1. The molecule has 4 aromatic carbocycles. The highest BCUT2D eigenvalue weighted by atomic mass is 32.2. The molecule has 37 heavy (non-hydrogen) atoms. The van der Waals surface area contributed by atoms with E-state index in [0.29, 0.717) is 28.9 Å². The molecule has 0 N–H and O–H groups in total. The summed E-state index contributed by atoms with van der Waals surface area (Å²) in [5, 5.41) is 0.669. The van der Waals surface area contributed by atoms with E-state index in [0.717, 1.165) is 22.3 Å². The zero-order chi connectivity index (χ0) is 25.5. The van der Waals surface area contributed by atoms with Gasteiger partial charge in [0.15, 0.2) is 5.17 Å². The number of benzene rings is 4. The maximum atomic E-state index is 13.6. The second-order valence-corrected chi connectivity index (χ2v) is 9.54. The lowest BCUT2D eigenvalue weighted by Crippen LogP contribution is -2.28. The van der Waals surface area contributed by atoms with Gasteiger partial charge in [0.2, 0.25) is 0 Å². The van der Waals surface area contributed by atoms with Gasteiger partial charge in [0.1, 0.15) is 18.2 Å². The second-order valence-electron chi connectivity index (χ2n) is 8.53. The quantitative estimate of drug-likeness (QED) is 0.239. The van der Waals surface area contributed by atoms with Gasteiger partial charge in [-0.05, 0) is 52.7 Å². The third kappa shape index (κ3) is 6.35. The molecule has 1 saturated heterocycles. The van der Waals surface area contributed by atoms with Crippen LogP contribution in [0.2, 0.25) is 0 Å². The number of halogens is 1. The Hall–Kier alpha value is -4.16. The molecule has 5 rings (SSSR count). The van der Waals surface area contributed by atoms with Crippen molar-refractivity contribution in [2.75, 3.05) is 0 Å². The molecular weight excluding hydrogens is 483 g/mol. The molecule has 1 heterocycles. The normalized spacial score (nSPS) is 15.5. The molecule has 1 amide bonds. The zero-order valence-corrected chi connectivity index (χ0v) is 20.9. The van der Waals surface area contributed by atoms with Crippen LogP contribution >= 0.6 is 11.8 Å². The lowest BCUT2D eigenvalue weighted by atomic mass is 10.1. The number of hydrogen-bond acceptors (Lipinski definition) is 4. The number of aliphatic imine (C=N–C) groups is 1. The van der Waals surface area contributed by atoms with Crippen molar-refractivity contribution < 1.29 is 13.9 Å². The van der Waals surface area contributed by atoms with Crippen molar-refractivity contribution in [3.63, 3.8) is 0 Å². The van der Waals surface area contributed by atoms with Gasteiger partial charge in [-0.15, -0.1) is 0 Å². The Morgan fingerprint density at radius 3 is 2.24 bits per heavy atom. The van der Waals surface area contributed by atoms with E-state index in [1.54, 1.807) is 11.0 Å². The van der Waals surface area contributed by atoms with Crippen LogP contribution in [0, 0.1) is 5.82 Å². The summed E-state index contributed by atoms with van der Waals surface area (Å²) in [6.07, 6.45) is 1.84. The molecule has 0 bridgehead atoms. The number of nitrogens with zero attached hydrogens (tertiary/aromatic N) is 2. The minimum absolute atomic E-state index is 0.0967. The van der Waals surface area contributed by atoms with E-state index < -0.39 is 0 Å². The minimum Gasteiger partial charge on any atom is -0.488 e. The van der Waals surface area contributed by atoms with Crippen molar-refractivity contribution in [2.45, 2.75) is 19.7 Å². The van der Waals surface area contributed by atoms with Gasteiger partial charge in [-0.2, -0.15) is 0 Å². The van der Waals surface area contributed by atoms with E-state index in [2.05, 4.69) is 0 Å². The molecule has 4 nitrogen and oxygen atoms in total. The number of rotatable bonds is 8. The van der Waals surface area contributed by atoms with Gasteiger partial charge in [0.25, 0.3) is 5.91 Å². The van der Waals surface area contributed by atoms with Crippen LogP contribution in [-0.4, -0.2) is 16.0 Å². The SMILES string of the molecule is O=C1/C(=C\c2ccccc2OCc2cccc(F)c2)SC(=NCc2ccccc2)N1Cc1ccccc1. The number of carbonyl (C=O) groups excluding carboxylic acids is 1. The molecule has 0 spiro atoms. The van der Waals surface area contributed by atoms with Gasteiger partial charge in [-0.25, -0.2) is 4.39 Å². The van der Waals surface area contributed by atoms with E-state index in [1.165, 1.54) is 23.9 Å². The summed E-state index contributed by atoms with van der Waals surface area (Å²) in [4.78, 5) is 20.6. The molecule has 6 heteroatoms. The highest BCUT2D eigenvalue weighted by Crippen LogP contribution is 2.35. The fourth-order valence-corrected chi connectivity index (χ4v) is 4.90. The third-order valence-electron chi connectivity index (χ3n) is 5.80. The first-order valence-electron chi connectivity index (χ1n) is 12.0. The molecule has 0 atom stereocenters. The van der Waals surface area contributed by atoms with E-state index in [1.807, 2.05) is 97.1 Å². The average Bonchev–Trinajstić information content (AvgIpc) is 3.22. The average molecular weight is 509 g/mol. The van der Waals surface area contributed by atoms with Crippen LogP contribution in [0.25, 0.3) is 6.08 Å². The first-order chi connectivity index (χ1) is 18.2. The molecule has 0 aliphatic carbocycles. The Labute approximate surface area is 220 Å². The number of para-hydroxylation sites is 1. The van der Waals surface area contributed by atoms with E-state index in [4.69, 9.17) is 9.73 Å². The summed E-state index contributed by atoms with van der Waals surface area (Å²) in [6.45, 7) is 1.15. The van der Waals surface area contributed by atoms with Crippen molar-refractivity contribution >= 4 is 28.9 Å². The van der Waals surface area contributed by atoms with Gasteiger partial charge >= 0.3 is 0 Å². The molecule has 4 aromatic rings. The predicted molar refractivity (Wildman–Crippen MR) is 147 cm³/mol. The molecule has 0 unspecified atom stereocenters. The van der Waals surface area contributed by atoms with Crippen LogP contribution < -0.4 is 4.74 Å². The molecule has 0 saturated carbocycles. The lowest BCUT2D eigenvalue weighted by Gasteiger charge is -2.15. The first kappa shape index (κ1) is 24.5. The fraction of sp³-hybridized carbons (Fsp3) is 0.0968. The highest BCUT2D eigenvalue weighted by Gasteiger charge is 2.33. The maximum Gasteiger partial charge on any atom is 0.267 e. The molecule has 0 aromatic heterocycles. The predicted octanol–water partition coefficient (Wildman–Crippen LogP) is 7.08. The van der Waals surface area contributed by atoms with Gasteiger partial charge in [-0.1, -0.05) is 91.0 Å². The standard InChI is InChI=1S/C31H25FN2O2S/c32-27-16-9-14-25(18-27)22-36-28-17-8-7-15-26(28)19-29-30(35)34(21-24-12-5-2-6-13-24)31(37-29)33-20-23-10-3-1-4-11-23/h1-19H,20-22H2/b29-19+,33-31?. The third-order valence-corrected chi connectivity index (χ3v) is 6.84. The lowest BCUT2D eigenvalue weighted by molar-refractivity contribution is -0.122. The Balaban J connectivity index is 1.41. The number of amides is 1. The molecule has 1 aliphatic heterocycles. The molecule has 1 fully saturated rings. The number of hydrogen-bond donors (Lipinski definition) is 0. The van der Waals surface area contributed by atoms with E-state index in [9.17, 15) is 9.18 Å². The summed E-state index contributed by atoms with van der Waals surface area (Å²) >= 11 is 1.37. The van der Waals surface area contributed by atoms with Crippen molar-refractivity contribution in [2.24, 2.45) is 4.99 Å². The van der Waals surface area contributed by atoms with Crippen molar-refractivity contribution in [1.82, 2.24) is 4.90 Å². The summed E-state index contributed by atoms with van der Waals surface area (Å²) in [7, 11) is 0. The maximum absolute atomic E-state index is 13.6. The van der Waals surface area contributed by atoms with Gasteiger partial charge in [0, 0.05) is 5.56 Å². The Bertz CT molecular complexity index is 1440. The monoisotopic (exact) mass is 508 g/mol. The highest BCUT2D eigenvalue weighted by molar-refractivity contribution is 8.18. The molecule has 0 radical (unpaired) electrons. The molecule has 1 aliphatic rings. The van der Waals surface area contributed by atoms with Gasteiger partial charge < -0.3 is 4.74 Å². The van der Waals surface area contributed by atoms with Crippen LogP contribution in [0.15, 0.2) is 119 Å². The number of ether oxygens (including phenoxy) is 1. The Morgan fingerprint density at radius 2 is 1.49 bits per heavy atom. The zero-order valence-electron chi connectivity index (χ0n) is 20.1. The van der Waals surface area contributed by atoms with Crippen LogP contribution in [0.1, 0.15) is 22.3 Å². The van der Waals surface area contributed by atoms with Crippen molar-refractivity contribution in [1.29, 1.82) is 0 Å². The van der Waals surface area contributed by atoms with Gasteiger partial charge in [-0.3, -0.25) is 14.7 Å². The Kier molecular flexibility index (Phi) is 7.77. The van der Waals surface area contributed by atoms with E-state index >= 15 is 0 Å². The van der Waals surface area contributed by atoms with Crippen LogP contribution in [0.3, 0.4) is 0 Å². The largest absolute Gasteiger partial charge is 0.488 e. The second kappa shape index (κ2) is 11.7. The molecular formula is C31H25FN2O2S. The summed E-state index contributed by atoms with van der Waals surface area (Å²) in [6, 6.07) is 33.7. The van der Waals surface area contributed by atoms with E-state index in [-0.39, 0.29) is 18.3 Å². The first-order valence-corrected chi connectivity index (χ1v) is 12.8. The summed E-state index contributed by atoms with van der Waals surface area (Å²) in [5.41, 5.74) is 3.62. The number of carbonyl (C=O) groups is 1.